The van der Waals surface area contributed by atoms with E-state index in [0.717, 1.165) is 16.6 Å². The SMILES string of the molecule is Cc1ccc2nc(N)n(C(C)C(=O)NCC(C)C)c2c1. The predicted molar refractivity (Wildman–Crippen MR) is 81.4 cm³/mol. The molecule has 1 amide bonds. The van der Waals surface area contributed by atoms with Crippen LogP contribution in [0.4, 0.5) is 5.95 Å². The lowest BCUT2D eigenvalue weighted by molar-refractivity contribution is -0.123. The Labute approximate surface area is 119 Å². The molecule has 0 aliphatic heterocycles. The summed E-state index contributed by atoms with van der Waals surface area (Å²) in [6.07, 6.45) is 0. The molecule has 1 atom stereocenters. The van der Waals surface area contributed by atoms with Gasteiger partial charge >= 0.3 is 0 Å². The van der Waals surface area contributed by atoms with Gasteiger partial charge in [0.05, 0.1) is 11.0 Å². The smallest absolute Gasteiger partial charge is 0.242 e. The standard InChI is InChI=1S/C15H22N4O/c1-9(2)8-17-14(20)11(4)19-13-7-10(3)5-6-12(13)18-15(19)16/h5-7,9,11H,8H2,1-4H3,(H2,16,18)(H,17,20). The molecule has 1 aromatic carbocycles. The van der Waals surface area contributed by atoms with Gasteiger partial charge in [-0.25, -0.2) is 4.98 Å². The van der Waals surface area contributed by atoms with Crippen LogP contribution in [-0.4, -0.2) is 22.0 Å². The number of aromatic nitrogens is 2. The first kappa shape index (κ1) is 14.4. The molecule has 5 heteroatoms. The van der Waals surface area contributed by atoms with Gasteiger partial charge in [0.1, 0.15) is 6.04 Å². The van der Waals surface area contributed by atoms with Crippen molar-refractivity contribution in [2.45, 2.75) is 33.7 Å². The van der Waals surface area contributed by atoms with E-state index in [2.05, 4.69) is 24.1 Å². The fraction of sp³-hybridized carbons (Fsp3) is 0.467. The van der Waals surface area contributed by atoms with Crippen molar-refractivity contribution in [2.24, 2.45) is 5.92 Å². The first-order valence-electron chi connectivity index (χ1n) is 6.92. The fourth-order valence-electron chi connectivity index (χ4n) is 2.20. The highest BCUT2D eigenvalue weighted by Crippen LogP contribution is 2.23. The minimum atomic E-state index is -0.374. The third kappa shape index (κ3) is 2.76. The summed E-state index contributed by atoms with van der Waals surface area (Å²) in [7, 11) is 0. The molecule has 20 heavy (non-hydrogen) atoms. The predicted octanol–water partition coefficient (Wildman–Crippen LogP) is 2.26. The summed E-state index contributed by atoms with van der Waals surface area (Å²) in [6, 6.07) is 5.55. The molecule has 3 N–H and O–H groups in total. The van der Waals surface area contributed by atoms with E-state index in [1.54, 1.807) is 4.57 Å². The van der Waals surface area contributed by atoms with Gasteiger partial charge in [0, 0.05) is 6.54 Å². The number of hydrogen-bond donors (Lipinski definition) is 2. The number of nitrogen functional groups attached to an aromatic ring is 1. The molecule has 2 aromatic rings. The Hall–Kier alpha value is -2.04. The summed E-state index contributed by atoms with van der Waals surface area (Å²) in [5.74, 6) is 0.759. The molecule has 0 bridgehead atoms. The van der Waals surface area contributed by atoms with Gasteiger partial charge in [0.15, 0.2) is 0 Å². The summed E-state index contributed by atoms with van der Waals surface area (Å²) in [5, 5.41) is 2.93. The molecule has 108 valence electrons. The van der Waals surface area contributed by atoms with Crippen molar-refractivity contribution in [1.82, 2.24) is 14.9 Å². The summed E-state index contributed by atoms with van der Waals surface area (Å²) < 4.78 is 1.79. The van der Waals surface area contributed by atoms with Crippen LogP contribution in [0.5, 0.6) is 0 Å². The molecule has 0 saturated carbocycles. The molecule has 1 unspecified atom stereocenters. The lowest BCUT2D eigenvalue weighted by atomic mass is 10.2. The zero-order chi connectivity index (χ0) is 14.9. The lowest BCUT2D eigenvalue weighted by Gasteiger charge is -2.17. The largest absolute Gasteiger partial charge is 0.369 e. The van der Waals surface area contributed by atoms with Crippen LogP contribution in [-0.2, 0) is 4.79 Å². The number of aryl methyl sites for hydroxylation is 1. The van der Waals surface area contributed by atoms with Gasteiger partial charge in [-0.05, 0) is 37.5 Å². The van der Waals surface area contributed by atoms with Crippen molar-refractivity contribution in [2.75, 3.05) is 12.3 Å². The monoisotopic (exact) mass is 274 g/mol. The van der Waals surface area contributed by atoms with E-state index < -0.39 is 0 Å². The van der Waals surface area contributed by atoms with Gasteiger partial charge in [0.2, 0.25) is 11.9 Å². The van der Waals surface area contributed by atoms with Crippen LogP contribution in [0.25, 0.3) is 11.0 Å². The molecule has 1 aromatic heterocycles. The maximum Gasteiger partial charge on any atom is 0.242 e. The lowest BCUT2D eigenvalue weighted by Crippen LogP contribution is -2.33. The molecular weight excluding hydrogens is 252 g/mol. The second kappa shape index (κ2) is 5.53. The van der Waals surface area contributed by atoms with Gasteiger partial charge < -0.3 is 11.1 Å². The van der Waals surface area contributed by atoms with E-state index in [0.29, 0.717) is 18.4 Å². The van der Waals surface area contributed by atoms with Crippen LogP contribution in [0.1, 0.15) is 32.4 Å². The molecule has 2 rings (SSSR count). The maximum atomic E-state index is 12.2. The molecule has 1 heterocycles. The Kier molecular flexibility index (Phi) is 3.97. The summed E-state index contributed by atoms with van der Waals surface area (Å²) in [5.41, 5.74) is 8.80. The van der Waals surface area contributed by atoms with Crippen molar-refractivity contribution in [1.29, 1.82) is 0 Å². The van der Waals surface area contributed by atoms with E-state index in [4.69, 9.17) is 5.73 Å². The Morgan fingerprint density at radius 3 is 2.75 bits per heavy atom. The number of benzene rings is 1. The van der Waals surface area contributed by atoms with Gasteiger partial charge in [-0.15, -0.1) is 0 Å². The number of imidazole rings is 1. The quantitative estimate of drug-likeness (QED) is 0.898. The van der Waals surface area contributed by atoms with Crippen LogP contribution in [0.3, 0.4) is 0 Å². The van der Waals surface area contributed by atoms with Gasteiger partial charge in [-0.3, -0.25) is 9.36 Å². The number of carbonyl (C=O) groups excluding carboxylic acids is 1. The second-order valence-corrected chi connectivity index (χ2v) is 5.65. The molecule has 0 radical (unpaired) electrons. The van der Waals surface area contributed by atoms with E-state index in [9.17, 15) is 4.79 Å². The zero-order valence-electron chi connectivity index (χ0n) is 12.5. The highest BCUT2D eigenvalue weighted by atomic mass is 16.2. The number of rotatable bonds is 4. The zero-order valence-corrected chi connectivity index (χ0v) is 12.5. The van der Waals surface area contributed by atoms with E-state index in [1.807, 2.05) is 32.0 Å². The van der Waals surface area contributed by atoms with Crippen LogP contribution in [0.15, 0.2) is 18.2 Å². The highest BCUT2D eigenvalue weighted by molar-refractivity contribution is 5.85. The maximum absolute atomic E-state index is 12.2. The summed E-state index contributed by atoms with van der Waals surface area (Å²) >= 11 is 0. The van der Waals surface area contributed by atoms with Crippen LogP contribution in [0, 0.1) is 12.8 Å². The van der Waals surface area contributed by atoms with E-state index in [1.165, 1.54) is 0 Å². The average Bonchev–Trinajstić information content (AvgIpc) is 2.70. The molecule has 0 fully saturated rings. The van der Waals surface area contributed by atoms with Crippen LogP contribution >= 0.6 is 0 Å². The Morgan fingerprint density at radius 1 is 1.40 bits per heavy atom. The van der Waals surface area contributed by atoms with E-state index in [-0.39, 0.29) is 11.9 Å². The summed E-state index contributed by atoms with van der Waals surface area (Å²) in [6.45, 7) is 8.64. The minimum Gasteiger partial charge on any atom is -0.369 e. The van der Waals surface area contributed by atoms with E-state index >= 15 is 0 Å². The van der Waals surface area contributed by atoms with Crippen molar-refractivity contribution in [3.05, 3.63) is 23.8 Å². The third-order valence-corrected chi connectivity index (χ3v) is 3.32. The first-order chi connectivity index (χ1) is 9.40. The third-order valence-electron chi connectivity index (χ3n) is 3.32. The molecule has 5 nitrogen and oxygen atoms in total. The molecule has 0 aliphatic rings. The Morgan fingerprint density at radius 2 is 2.10 bits per heavy atom. The number of anilines is 1. The number of nitrogens with one attached hydrogen (secondary N) is 1. The number of fused-ring (bicyclic) bond motifs is 1. The van der Waals surface area contributed by atoms with Gasteiger partial charge in [-0.1, -0.05) is 19.9 Å². The number of nitrogens with two attached hydrogens (primary N) is 1. The topological polar surface area (TPSA) is 72.9 Å². The molecule has 0 saturated heterocycles. The second-order valence-electron chi connectivity index (χ2n) is 5.65. The van der Waals surface area contributed by atoms with Crippen molar-refractivity contribution in [3.8, 4) is 0 Å². The highest BCUT2D eigenvalue weighted by Gasteiger charge is 2.20. The van der Waals surface area contributed by atoms with Gasteiger partial charge in [-0.2, -0.15) is 0 Å². The number of carbonyl (C=O) groups is 1. The van der Waals surface area contributed by atoms with Crippen molar-refractivity contribution < 1.29 is 4.79 Å². The minimum absolute atomic E-state index is 0.0359. The van der Waals surface area contributed by atoms with Crippen LogP contribution < -0.4 is 11.1 Å². The van der Waals surface area contributed by atoms with Crippen molar-refractivity contribution in [3.63, 3.8) is 0 Å². The number of amides is 1. The first-order valence-corrected chi connectivity index (χ1v) is 6.92. The van der Waals surface area contributed by atoms with Gasteiger partial charge in [0.25, 0.3) is 0 Å². The van der Waals surface area contributed by atoms with Crippen molar-refractivity contribution >= 4 is 22.9 Å². The normalized spacial score (nSPS) is 12.8. The van der Waals surface area contributed by atoms with Crippen LogP contribution in [0.2, 0.25) is 0 Å². The Balaban J connectivity index is 2.34. The average molecular weight is 274 g/mol. The molecule has 0 aliphatic carbocycles. The molecular formula is C15H22N4O. The summed E-state index contributed by atoms with van der Waals surface area (Å²) in [4.78, 5) is 16.5. The Bertz CT molecular complexity index is 630. The number of hydrogen-bond acceptors (Lipinski definition) is 3. The fourth-order valence-corrected chi connectivity index (χ4v) is 2.20. The number of nitrogens with zero attached hydrogens (tertiary/aromatic N) is 2. The molecule has 0 spiro atoms.